The Bertz CT molecular complexity index is 1130. The van der Waals surface area contributed by atoms with E-state index >= 15 is 0 Å². The fraction of sp³-hybridized carbons (Fsp3) is 0.400. The molecule has 0 spiro atoms. The van der Waals surface area contributed by atoms with E-state index in [-0.39, 0.29) is 23.4 Å². The monoisotopic (exact) mass is 472 g/mol. The predicted molar refractivity (Wildman–Crippen MR) is 130 cm³/mol. The maximum Gasteiger partial charge on any atom is 0.318 e. The van der Waals surface area contributed by atoms with Crippen molar-refractivity contribution in [2.45, 2.75) is 38.3 Å². The summed E-state index contributed by atoms with van der Waals surface area (Å²) in [5.41, 5.74) is 1.39. The number of carbonyl (C=O) groups excluding carboxylic acids is 1. The molecule has 8 heteroatoms. The summed E-state index contributed by atoms with van der Waals surface area (Å²) in [6.07, 6.45) is 3.44. The first kappa shape index (κ1) is 23.4. The highest BCUT2D eigenvalue weighted by molar-refractivity contribution is 6.31. The van der Waals surface area contributed by atoms with Crippen molar-refractivity contribution in [2.24, 2.45) is 0 Å². The predicted octanol–water partition coefficient (Wildman–Crippen LogP) is 4.97. The molecular formula is C25H30ClFN4O2. The molecule has 0 bridgehead atoms. The van der Waals surface area contributed by atoms with E-state index in [0.717, 1.165) is 35.3 Å². The van der Waals surface area contributed by atoms with Crippen LogP contribution in [0.2, 0.25) is 5.02 Å². The largest absolute Gasteiger partial charge is 0.491 e. The minimum Gasteiger partial charge on any atom is -0.491 e. The zero-order valence-corrected chi connectivity index (χ0v) is 20.0. The van der Waals surface area contributed by atoms with Gasteiger partial charge in [-0.25, -0.2) is 9.18 Å². The summed E-state index contributed by atoms with van der Waals surface area (Å²) in [5, 5.41) is 7.77. The van der Waals surface area contributed by atoms with Crippen LogP contribution in [-0.4, -0.2) is 53.8 Å². The molecular weight excluding hydrogens is 443 g/mol. The van der Waals surface area contributed by atoms with Crippen LogP contribution in [0.15, 0.2) is 48.7 Å². The van der Waals surface area contributed by atoms with Gasteiger partial charge in [-0.2, -0.15) is 0 Å². The summed E-state index contributed by atoms with van der Waals surface area (Å²) >= 11 is 6.26. The number of amides is 2. The van der Waals surface area contributed by atoms with Crippen molar-refractivity contribution in [3.63, 3.8) is 0 Å². The molecule has 0 radical (unpaired) electrons. The molecule has 1 aromatic heterocycles. The lowest BCUT2D eigenvalue weighted by atomic mass is 9.89. The highest BCUT2D eigenvalue weighted by Crippen LogP contribution is 2.34. The van der Waals surface area contributed by atoms with Gasteiger partial charge in [-0.15, -0.1) is 0 Å². The van der Waals surface area contributed by atoms with E-state index in [0.29, 0.717) is 24.6 Å². The van der Waals surface area contributed by atoms with Crippen LogP contribution in [0.1, 0.15) is 26.7 Å². The van der Waals surface area contributed by atoms with Crippen molar-refractivity contribution in [3.05, 3.63) is 59.5 Å². The average Bonchev–Trinajstić information content (AvgIpc) is 3.30. The van der Waals surface area contributed by atoms with E-state index in [1.54, 1.807) is 12.1 Å². The number of ether oxygens (including phenoxy) is 1. The van der Waals surface area contributed by atoms with Gasteiger partial charge in [0.05, 0.1) is 23.9 Å². The lowest BCUT2D eigenvalue weighted by molar-refractivity contribution is 0.0987. The van der Waals surface area contributed by atoms with Crippen molar-refractivity contribution in [1.29, 1.82) is 0 Å². The summed E-state index contributed by atoms with van der Waals surface area (Å²) in [5.74, 6) is 0.439. The number of nitrogens with zero attached hydrogens (tertiary/aromatic N) is 2. The number of carbonyl (C=O) groups is 1. The molecule has 0 aliphatic carbocycles. The van der Waals surface area contributed by atoms with Crippen LogP contribution in [0.4, 0.5) is 9.18 Å². The van der Waals surface area contributed by atoms with Crippen LogP contribution >= 0.6 is 11.6 Å². The smallest absolute Gasteiger partial charge is 0.318 e. The van der Waals surface area contributed by atoms with E-state index < -0.39 is 0 Å². The second-order valence-electron chi connectivity index (χ2n) is 8.80. The number of hydrogen-bond donors (Lipinski definition) is 2. The van der Waals surface area contributed by atoms with Gasteiger partial charge in [-0.05, 0) is 76.3 Å². The average molecular weight is 473 g/mol. The van der Waals surface area contributed by atoms with Crippen LogP contribution in [0.5, 0.6) is 5.75 Å². The van der Waals surface area contributed by atoms with E-state index in [2.05, 4.69) is 10.6 Å². The fourth-order valence-electron chi connectivity index (χ4n) is 4.76. The Morgan fingerprint density at radius 2 is 1.97 bits per heavy atom. The Hall–Kier alpha value is -2.77. The van der Waals surface area contributed by atoms with Crippen LogP contribution in [0.25, 0.3) is 16.6 Å². The Kier molecular flexibility index (Phi) is 6.81. The Balaban J connectivity index is 1.60. The molecule has 2 aromatic carbocycles. The molecule has 1 unspecified atom stereocenters. The summed E-state index contributed by atoms with van der Waals surface area (Å²) < 4.78 is 21.7. The molecule has 0 saturated carbocycles. The van der Waals surface area contributed by atoms with Crippen molar-refractivity contribution in [3.8, 4) is 11.4 Å². The molecule has 33 heavy (non-hydrogen) atoms. The topological polar surface area (TPSA) is 58.5 Å². The van der Waals surface area contributed by atoms with E-state index in [9.17, 15) is 9.18 Å². The zero-order valence-electron chi connectivity index (χ0n) is 19.2. The molecule has 1 aliphatic rings. The molecule has 2 amide bonds. The van der Waals surface area contributed by atoms with Gasteiger partial charge in [-0.1, -0.05) is 11.6 Å². The Morgan fingerprint density at radius 1 is 1.21 bits per heavy atom. The number of halogens is 2. The second kappa shape index (κ2) is 9.61. The van der Waals surface area contributed by atoms with Crippen LogP contribution in [-0.2, 0) is 0 Å². The van der Waals surface area contributed by atoms with Gasteiger partial charge in [0, 0.05) is 35.1 Å². The SMILES string of the molecule is CNCCC1(CCOc2cn(-c3ccc(F)cc3)c3cc(Cl)ccc23)CNC(=O)N1C(C)C. The van der Waals surface area contributed by atoms with Gasteiger partial charge in [0.2, 0.25) is 0 Å². The first-order valence-electron chi connectivity index (χ1n) is 11.3. The highest BCUT2D eigenvalue weighted by atomic mass is 35.5. The zero-order chi connectivity index (χ0) is 23.6. The number of benzene rings is 2. The molecule has 4 rings (SSSR count). The van der Waals surface area contributed by atoms with Gasteiger partial charge in [0.1, 0.15) is 11.6 Å². The summed E-state index contributed by atoms with van der Waals surface area (Å²) in [7, 11) is 1.92. The normalized spacial score (nSPS) is 18.4. The van der Waals surface area contributed by atoms with Crippen molar-refractivity contribution in [1.82, 2.24) is 20.1 Å². The van der Waals surface area contributed by atoms with Gasteiger partial charge in [0.25, 0.3) is 0 Å². The number of aromatic nitrogens is 1. The van der Waals surface area contributed by atoms with Crippen LogP contribution < -0.4 is 15.4 Å². The number of rotatable bonds is 9. The van der Waals surface area contributed by atoms with Crippen LogP contribution in [0, 0.1) is 5.82 Å². The molecule has 1 atom stereocenters. The van der Waals surface area contributed by atoms with Crippen molar-refractivity contribution in [2.75, 3.05) is 26.7 Å². The maximum atomic E-state index is 13.4. The number of hydrogen-bond acceptors (Lipinski definition) is 3. The molecule has 176 valence electrons. The van der Waals surface area contributed by atoms with Crippen molar-refractivity contribution < 1.29 is 13.9 Å². The molecule has 2 heterocycles. The molecule has 1 fully saturated rings. The first-order chi connectivity index (χ1) is 15.8. The second-order valence-corrected chi connectivity index (χ2v) is 9.24. The van der Waals surface area contributed by atoms with Gasteiger partial charge in [0.15, 0.2) is 0 Å². The Morgan fingerprint density at radius 3 is 2.67 bits per heavy atom. The lowest BCUT2D eigenvalue weighted by Gasteiger charge is -2.39. The minimum atomic E-state index is -0.313. The quantitative estimate of drug-likeness (QED) is 0.462. The van der Waals surface area contributed by atoms with Crippen LogP contribution in [0.3, 0.4) is 0 Å². The van der Waals surface area contributed by atoms with E-state index in [1.165, 1.54) is 12.1 Å². The molecule has 3 aromatic rings. The highest BCUT2D eigenvalue weighted by Gasteiger charge is 2.45. The number of fused-ring (bicyclic) bond motifs is 1. The minimum absolute atomic E-state index is 0.0244. The van der Waals surface area contributed by atoms with Gasteiger partial charge >= 0.3 is 6.03 Å². The van der Waals surface area contributed by atoms with Gasteiger partial charge in [-0.3, -0.25) is 0 Å². The van der Waals surface area contributed by atoms with E-state index in [1.807, 2.05) is 54.8 Å². The summed E-state index contributed by atoms with van der Waals surface area (Å²) in [6, 6.07) is 12.0. The summed E-state index contributed by atoms with van der Waals surface area (Å²) in [4.78, 5) is 14.5. The maximum absolute atomic E-state index is 13.4. The lowest BCUT2D eigenvalue weighted by Crippen LogP contribution is -2.52. The molecule has 6 nitrogen and oxygen atoms in total. The Labute approximate surface area is 198 Å². The van der Waals surface area contributed by atoms with Crippen molar-refractivity contribution >= 4 is 28.5 Å². The van der Waals surface area contributed by atoms with Gasteiger partial charge < -0.3 is 24.8 Å². The fourth-order valence-corrected chi connectivity index (χ4v) is 4.92. The summed E-state index contributed by atoms with van der Waals surface area (Å²) in [6.45, 7) is 5.94. The molecule has 1 aliphatic heterocycles. The number of nitrogens with one attached hydrogen (secondary N) is 2. The number of urea groups is 1. The van der Waals surface area contributed by atoms with E-state index in [4.69, 9.17) is 16.3 Å². The third-order valence-electron chi connectivity index (χ3n) is 6.32. The third-order valence-corrected chi connectivity index (χ3v) is 6.55. The standard InChI is InChI=1S/C25H30ClFN4O2/c1-17(2)31-24(32)29-16-25(31,10-12-28-3)11-13-33-23-15-30(20-7-5-19(27)6-8-20)22-14-18(26)4-9-21(22)23/h4-9,14-15,17,28H,10-13,16H2,1-3H3,(H,29,32). The first-order valence-corrected chi connectivity index (χ1v) is 11.6. The third kappa shape index (κ3) is 4.66. The molecule has 1 saturated heterocycles. The molecule has 2 N–H and O–H groups in total.